The predicted octanol–water partition coefficient (Wildman–Crippen LogP) is -5.22. The first kappa shape index (κ1) is 16.0. The van der Waals surface area contributed by atoms with E-state index >= 15 is 0 Å². The topological polar surface area (TPSA) is 99.2 Å². The molecule has 0 aliphatic rings. The fourth-order valence-electron chi connectivity index (χ4n) is 0.835. The van der Waals surface area contributed by atoms with E-state index in [-0.39, 0.29) is 27.7 Å². The molecule has 0 aliphatic heterocycles. The van der Waals surface area contributed by atoms with Gasteiger partial charge in [0.2, 0.25) is 0 Å². The van der Waals surface area contributed by atoms with E-state index in [4.69, 9.17) is 16.3 Å². The zero-order valence-electron chi connectivity index (χ0n) is 8.81. The summed E-state index contributed by atoms with van der Waals surface area (Å²) in [5.41, 5.74) is 6.08. The van der Waals surface area contributed by atoms with Gasteiger partial charge >= 0.3 is 119 Å². The van der Waals surface area contributed by atoms with Crippen LogP contribution in [0.1, 0.15) is 6.42 Å². The van der Waals surface area contributed by atoms with E-state index in [0.717, 1.165) is 3.02 Å². The van der Waals surface area contributed by atoms with Crippen molar-refractivity contribution in [2.45, 2.75) is 12.1 Å². The van der Waals surface area contributed by atoms with Gasteiger partial charge in [0.15, 0.2) is 0 Å². The standard InChI is InChI=1S/C7H14I2N6O/c1-3-4-7(16-11,12-6-9-2)5-13-14-15(8)10/h3,6,10H,1,4-5,11H2,2H3/q-1. The Labute approximate surface area is 118 Å². The Hall–Kier alpha value is -0.0100. The fourth-order valence-corrected chi connectivity index (χ4v) is 1.76. The first-order valence-electron chi connectivity index (χ1n) is 4.15. The average molecular weight is 452 g/mol. The van der Waals surface area contributed by atoms with Crippen LogP contribution in [0.2, 0.25) is 0 Å². The van der Waals surface area contributed by atoms with Crippen LogP contribution in [-0.2, 0) is 4.84 Å². The molecule has 93 valence electrons. The summed E-state index contributed by atoms with van der Waals surface area (Å²) in [5.74, 6) is 5.24. The van der Waals surface area contributed by atoms with Gasteiger partial charge in [-0.2, -0.15) is 0 Å². The third kappa shape index (κ3) is 6.55. The molecule has 0 fully saturated rings. The van der Waals surface area contributed by atoms with Crippen LogP contribution >= 0.6 is 0 Å². The van der Waals surface area contributed by atoms with Gasteiger partial charge in [0, 0.05) is 0 Å². The SMILES string of the molecule is C=CCC(CN=N[N+](=N)[I-])(N=C[I-]C)ON. The Kier molecular flexibility index (Phi) is 9.06. The summed E-state index contributed by atoms with van der Waals surface area (Å²) in [4.78, 5) is 11.2. The Morgan fingerprint density at radius 1 is 1.75 bits per heavy atom. The van der Waals surface area contributed by atoms with Crippen LogP contribution in [0.25, 0.3) is 0 Å². The van der Waals surface area contributed by atoms with Crippen LogP contribution in [0.15, 0.2) is 28.0 Å². The molecule has 7 nitrogen and oxygen atoms in total. The van der Waals surface area contributed by atoms with E-state index < -0.39 is 5.72 Å². The van der Waals surface area contributed by atoms with E-state index in [1.165, 1.54) is 0 Å². The van der Waals surface area contributed by atoms with Crippen molar-refractivity contribution >= 4 is 4.22 Å². The second-order valence-electron chi connectivity index (χ2n) is 2.65. The van der Waals surface area contributed by atoms with Gasteiger partial charge < -0.3 is 0 Å². The molecule has 0 aromatic carbocycles. The summed E-state index contributed by atoms with van der Waals surface area (Å²) in [6.07, 6.45) is 2.11. The number of nitrogens with two attached hydrogens (primary N) is 1. The van der Waals surface area contributed by atoms with Gasteiger partial charge in [-0.15, -0.1) is 0 Å². The molecule has 0 heterocycles. The number of alkyl halides is 1. The van der Waals surface area contributed by atoms with E-state index in [9.17, 15) is 0 Å². The number of hydrogen-bond acceptors (Lipinski definition) is 5. The molecule has 9 heteroatoms. The van der Waals surface area contributed by atoms with Crippen LogP contribution in [0, 0.1) is 5.53 Å². The number of nitrogens with zero attached hydrogens (tertiary/aromatic N) is 4. The van der Waals surface area contributed by atoms with Gasteiger partial charge in [0.05, 0.1) is 0 Å². The first-order valence-corrected chi connectivity index (χ1v) is 8.52. The Morgan fingerprint density at radius 2 is 2.44 bits per heavy atom. The molecule has 0 aromatic heterocycles. The molecule has 3 N–H and O–H groups in total. The molecule has 0 saturated heterocycles. The molecule has 16 heavy (non-hydrogen) atoms. The van der Waals surface area contributed by atoms with E-state index in [2.05, 4.69) is 26.8 Å². The van der Waals surface area contributed by atoms with E-state index in [1.54, 1.807) is 28.9 Å². The molecule has 0 aromatic rings. The molecule has 1 unspecified atom stereocenters. The summed E-state index contributed by atoms with van der Waals surface area (Å²) >= 11 is 1.58. The molecule has 0 bridgehead atoms. The van der Waals surface area contributed by atoms with Crippen molar-refractivity contribution < 1.29 is 51.9 Å². The molecule has 1 atom stereocenters. The molecule has 1 radical (unpaired) electrons. The summed E-state index contributed by atoms with van der Waals surface area (Å²) in [6, 6.07) is 0. The molecule has 0 rings (SSSR count). The quantitative estimate of drug-likeness (QED) is 0.0733. The maximum atomic E-state index is 7.02. The van der Waals surface area contributed by atoms with E-state index in [1.807, 2.05) is 4.22 Å². The second kappa shape index (κ2) is 9.07. The summed E-state index contributed by atoms with van der Waals surface area (Å²) in [5, 5.41) is 7.31. The maximum absolute atomic E-state index is 7.02. The number of aliphatic imine (C=N–C) groups is 1. The van der Waals surface area contributed by atoms with Gasteiger partial charge in [-0.05, 0) is 0 Å². The molecular formula is C7H14I2N6O-. The van der Waals surface area contributed by atoms with Crippen molar-refractivity contribution in [3.05, 3.63) is 12.7 Å². The van der Waals surface area contributed by atoms with Crippen molar-refractivity contribution in [1.82, 2.24) is 0 Å². The third-order valence-corrected chi connectivity index (χ3v) is 2.55. The van der Waals surface area contributed by atoms with Crippen LogP contribution in [-0.4, -0.2) is 24.4 Å². The fraction of sp³-hybridized carbons (Fsp3) is 0.571. The van der Waals surface area contributed by atoms with Crippen molar-refractivity contribution in [3.8, 4) is 0 Å². The molecule has 0 spiro atoms. The molecule has 0 amide bonds. The summed E-state index contributed by atoms with van der Waals surface area (Å²) in [7, 11) is 0. The first-order chi connectivity index (χ1) is 7.60. The monoisotopic (exact) mass is 452 g/mol. The molecular weight excluding hydrogens is 438 g/mol. The van der Waals surface area contributed by atoms with Crippen LogP contribution < -0.4 is 50.0 Å². The number of nitrogens with one attached hydrogen (secondary N) is 1. The summed E-state index contributed by atoms with van der Waals surface area (Å²) < 4.78 is 2.64. The van der Waals surface area contributed by atoms with Gasteiger partial charge in [-0.3, -0.25) is 0 Å². The van der Waals surface area contributed by atoms with Crippen molar-refractivity contribution in [1.29, 1.82) is 5.53 Å². The van der Waals surface area contributed by atoms with Crippen molar-refractivity contribution in [2.75, 3.05) is 11.5 Å². The second-order valence-corrected chi connectivity index (χ2v) is 5.37. The molecule has 0 aliphatic carbocycles. The normalized spacial score (nSPS) is 15.7. The zero-order chi connectivity index (χ0) is 12.4. The summed E-state index contributed by atoms with van der Waals surface area (Å²) in [6.45, 7) is 3.78. The minimum atomic E-state index is -0.937. The zero-order valence-corrected chi connectivity index (χ0v) is 13.1. The van der Waals surface area contributed by atoms with Crippen LogP contribution in [0.3, 0.4) is 0 Å². The van der Waals surface area contributed by atoms with Gasteiger partial charge in [0.25, 0.3) is 0 Å². The Bertz CT molecular complexity index is 295. The van der Waals surface area contributed by atoms with E-state index in [0.29, 0.717) is 6.42 Å². The number of halogens is 2. The predicted molar refractivity (Wildman–Crippen MR) is 49.9 cm³/mol. The molecule has 0 saturated carbocycles. The minimum absolute atomic E-state index is 0.0875. The number of hydrogen-bond donors (Lipinski definition) is 2. The van der Waals surface area contributed by atoms with Gasteiger partial charge in [0.1, 0.15) is 0 Å². The average Bonchev–Trinajstić information content (AvgIpc) is 2.25. The van der Waals surface area contributed by atoms with Crippen molar-refractivity contribution in [3.63, 3.8) is 0 Å². The van der Waals surface area contributed by atoms with Crippen LogP contribution in [0.4, 0.5) is 0 Å². The van der Waals surface area contributed by atoms with Crippen LogP contribution in [0.5, 0.6) is 0 Å². The third-order valence-electron chi connectivity index (χ3n) is 1.52. The Balaban J connectivity index is 4.68. The van der Waals surface area contributed by atoms with Gasteiger partial charge in [-0.25, -0.2) is 0 Å². The van der Waals surface area contributed by atoms with Gasteiger partial charge in [-0.1, -0.05) is 0 Å². The number of rotatable bonds is 8. The van der Waals surface area contributed by atoms with Crippen molar-refractivity contribution in [2.24, 2.45) is 21.2 Å². The Morgan fingerprint density at radius 3 is 2.88 bits per heavy atom.